The summed E-state index contributed by atoms with van der Waals surface area (Å²) in [5.74, 6) is 0. The van der Waals surface area contributed by atoms with Gasteiger partial charge in [-0.05, 0) is 48.7 Å². The zero-order valence-electron chi connectivity index (χ0n) is 12.4. The van der Waals surface area contributed by atoms with Crippen molar-refractivity contribution in [3.8, 4) is 0 Å². The number of nitrogens with one attached hydrogen (secondary N) is 1. The van der Waals surface area contributed by atoms with Crippen LogP contribution in [0.5, 0.6) is 0 Å². The van der Waals surface area contributed by atoms with Crippen LogP contribution in [0, 0.1) is 0 Å². The number of nitrogens with zero attached hydrogens (tertiary/aromatic N) is 1. The van der Waals surface area contributed by atoms with Gasteiger partial charge in [0, 0.05) is 23.7 Å². The molecule has 1 aromatic carbocycles. The summed E-state index contributed by atoms with van der Waals surface area (Å²) in [6.45, 7) is 8.78. The number of hydrogen-bond donors (Lipinski definition) is 1. The van der Waals surface area contributed by atoms with Gasteiger partial charge >= 0.3 is 0 Å². The summed E-state index contributed by atoms with van der Waals surface area (Å²) in [6.07, 6.45) is 1.13. The lowest BCUT2D eigenvalue weighted by atomic mass is 10.1. The summed E-state index contributed by atoms with van der Waals surface area (Å²) in [5.41, 5.74) is 2.61. The van der Waals surface area contributed by atoms with Crippen LogP contribution < -0.4 is 5.32 Å². The molecular weight excluding hydrogens is 264 g/mol. The Hall–Kier alpha value is -1.32. The molecule has 0 saturated carbocycles. The minimum absolute atomic E-state index is 0.913. The second kappa shape index (κ2) is 8.08. The van der Waals surface area contributed by atoms with Crippen molar-refractivity contribution in [1.29, 1.82) is 0 Å². The molecule has 20 heavy (non-hydrogen) atoms. The quantitative estimate of drug-likeness (QED) is 0.781. The van der Waals surface area contributed by atoms with Gasteiger partial charge in [-0.1, -0.05) is 32.0 Å². The van der Waals surface area contributed by atoms with Gasteiger partial charge in [0.05, 0.1) is 0 Å². The fraction of sp³-hybridized carbons (Fsp3) is 0.412. The van der Waals surface area contributed by atoms with E-state index in [1.165, 1.54) is 16.1 Å². The Balaban J connectivity index is 1.80. The smallest absolute Gasteiger partial charge is 0.0494 e. The summed E-state index contributed by atoms with van der Waals surface area (Å²) in [5, 5.41) is 5.58. The Kier molecular flexibility index (Phi) is 6.09. The second-order valence-corrected chi connectivity index (χ2v) is 5.94. The highest BCUT2D eigenvalue weighted by Crippen LogP contribution is 2.14. The first-order valence-electron chi connectivity index (χ1n) is 7.39. The van der Waals surface area contributed by atoms with Crippen LogP contribution >= 0.6 is 11.3 Å². The number of thiophene rings is 1. The summed E-state index contributed by atoms with van der Waals surface area (Å²) in [4.78, 5) is 3.83. The van der Waals surface area contributed by atoms with Gasteiger partial charge in [0.15, 0.2) is 0 Å². The van der Waals surface area contributed by atoms with Gasteiger partial charge in [0.2, 0.25) is 0 Å². The summed E-state index contributed by atoms with van der Waals surface area (Å²) in [7, 11) is 0. The van der Waals surface area contributed by atoms with Crippen molar-refractivity contribution in [2.45, 2.75) is 26.8 Å². The van der Waals surface area contributed by atoms with E-state index in [0.29, 0.717) is 0 Å². The molecule has 2 rings (SSSR count). The van der Waals surface area contributed by atoms with Gasteiger partial charge in [-0.3, -0.25) is 0 Å². The molecule has 2 aromatic rings. The third kappa shape index (κ3) is 4.66. The summed E-state index contributed by atoms with van der Waals surface area (Å²) < 4.78 is 0. The van der Waals surface area contributed by atoms with E-state index in [9.17, 15) is 0 Å². The van der Waals surface area contributed by atoms with E-state index >= 15 is 0 Å². The van der Waals surface area contributed by atoms with Crippen molar-refractivity contribution in [3.63, 3.8) is 0 Å². The predicted molar refractivity (Wildman–Crippen MR) is 89.6 cm³/mol. The largest absolute Gasteiger partial charge is 0.380 e. The number of benzene rings is 1. The highest BCUT2D eigenvalue weighted by atomic mass is 32.1. The van der Waals surface area contributed by atoms with Crippen LogP contribution in [0.3, 0.4) is 0 Å². The average molecular weight is 288 g/mol. The van der Waals surface area contributed by atoms with Crippen molar-refractivity contribution in [3.05, 3.63) is 52.2 Å². The SMILES string of the molecule is CCN(CC)CCc1ccc(NCc2cccs2)cc1. The molecule has 1 N–H and O–H groups in total. The molecule has 0 aliphatic rings. The number of likely N-dealkylation sites (N-methyl/N-ethyl adjacent to an activating group) is 1. The van der Waals surface area contributed by atoms with Crippen LogP contribution in [-0.4, -0.2) is 24.5 Å². The molecule has 0 radical (unpaired) electrons. The van der Waals surface area contributed by atoms with E-state index in [4.69, 9.17) is 0 Å². The van der Waals surface area contributed by atoms with Crippen LogP contribution in [0.4, 0.5) is 5.69 Å². The Morgan fingerprint density at radius 2 is 1.80 bits per heavy atom. The van der Waals surface area contributed by atoms with Crippen LogP contribution in [0.25, 0.3) is 0 Å². The van der Waals surface area contributed by atoms with E-state index in [1.54, 1.807) is 11.3 Å². The van der Waals surface area contributed by atoms with E-state index in [0.717, 1.165) is 32.6 Å². The molecule has 0 fully saturated rings. The van der Waals surface area contributed by atoms with Crippen LogP contribution in [0.2, 0.25) is 0 Å². The average Bonchev–Trinajstić information content (AvgIpc) is 3.01. The number of hydrogen-bond acceptors (Lipinski definition) is 3. The molecule has 0 spiro atoms. The highest BCUT2D eigenvalue weighted by molar-refractivity contribution is 7.09. The standard InChI is InChI=1S/C17H24N2S/c1-3-19(4-2)12-11-15-7-9-16(10-8-15)18-14-17-6-5-13-20-17/h5-10,13,18H,3-4,11-12,14H2,1-2H3. The topological polar surface area (TPSA) is 15.3 Å². The Morgan fingerprint density at radius 1 is 1.05 bits per heavy atom. The van der Waals surface area contributed by atoms with Crippen LogP contribution in [0.15, 0.2) is 41.8 Å². The van der Waals surface area contributed by atoms with Crippen molar-refractivity contribution in [1.82, 2.24) is 4.90 Å². The number of rotatable bonds is 8. The Labute approximate surface area is 126 Å². The summed E-state index contributed by atoms with van der Waals surface area (Å²) >= 11 is 1.79. The third-order valence-electron chi connectivity index (χ3n) is 3.61. The van der Waals surface area contributed by atoms with Crippen molar-refractivity contribution in [2.24, 2.45) is 0 Å². The lowest BCUT2D eigenvalue weighted by Crippen LogP contribution is -2.25. The fourth-order valence-corrected chi connectivity index (χ4v) is 2.86. The van der Waals surface area contributed by atoms with Gasteiger partial charge in [0.1, 0.15) is 0 Å². The lowest BCUT2D eigenvalue weighted by molar-refractivity contribution is 0.308. The molecule has 0 saturated heterocycles. The molecule has 0 atom stereocenters. The highest BCUT2D eigenvalue weighted by Gasteiger charge is 2.00. The van der Waals surface area contributed by atoms with Crippen LogP contribution in [-0.2, 0) is 13.0 Å². The van der Waals surface area contributed by atoms with Crippen molar-refractivity contribution in [2.75, 3.05) is 25.0 Å². The van der Waals surface area contributed by atoms with Crippen LogP contribution in [0.1, 0.15) is 24.3 Å². The third-order valence-corrected chi connectivity index (χ3v) is 4.49. The maximum Gasteiger partial charge on any atom is 0.0494 e. The monoisotopic (exact) mass is 288 g/mol. The molecule has 0 unspecified atom stereocenters. The molecule has 0 aliphatic carbocycles. The Morgan fingerprint density at radius 3 is 2.40 bits per heavy atom. The number of anilines is 1. The molecule has 3 heteroatoms. The minimum atomic E-state index is 0.913. The molecule has 1 aromatic heterocycles. The van der Waals surface area contributed by atoms with E-state index in [2.05, 4.69) is 65.8 Å². The molecule has 0 amide bonds. The first-order valence-corrected chi connectivity index (χ1v) is 8.27. The van der Waals surface area contributed by atoms with E-state index in [-0.39, 0.29) is 0 Å². The molecular formula is C17H24N2S. The maximum atomic E-state index is 3.46. The Bertz CT molecular complexity index is 472. The van der Waals surface area contributed by atoms with Gasteiger partial charge in [-0.2, -0.15) is 0 Å². The molecule has 108 valence electrons. The second-order valence-electron chi connectivity index (χ2n) is 4.91. The molecule has 2 nitrogen and oxygen atoms in total. The zero-order valence-corrected chi connectivity index (χ0v) is 13.2. The zero-order chi connectivity index (χ0) is 14.2. The first-order chi connectivity index (χ1) is 9.81. The minimum Gasteiger partial charge on any atom is -0.380 e. The van der Waals surface area contributed by atoms with E-state index in [1.807, 2.05) is 0 Å². The van der Waals surface area contributed by atoms with Gasteiger partial charge < -0.3 is 10.2 Å². The van der Waals surface area contributed by atoms with Crippen molar-refractivity contribution < 1.29 is 0 Å². The lowest BCUT2D eigenvalue weighted by Gasteiger charge is -2.17. The predicted octanol–water partition coefficient (Wildman–Crippen LogP) is 4.24. The van der Waals surface area contributed by atoms with Gasteiger partial charge in [-0.15, -0.1) is 11.3 Å². The van der Waals surface area contributed by atoms with Crippen molar-refractivity contribution >= 4 is 17.0 Å². The maximum absolute atomic E-state index is 3.46. The fourth-order valence-electron chi connectivity index (χ4n) is 2.22. The van der Waals surface area contributed by atoms with Gasteiger partial charge in [0.25, 0.3) is 0 Å². The molecule has 0 aliphatic heterocycles. The normalized spacial score (nSPS) is 10.9. The van der Waals surface area contributed by atoms with Gasteiger partial charge in [-0.25, -0.2) is 0 Å². The summed E-state index contributed by atoms with van der Waals surface area (Å²) in [6, 6.07) is 13.1. The van der Waals surface area contributed by atoms with E-state index < -0.39 is 0 Å². The first kappa shape index (κ1) is 15.1. The molecule has 0 bridgehead atoms. The molecule has 1 heterocycles.